The lowest BCUT2D eigenvalue weighted by molar-refractivity contribution is -0.144. The highest BCUT2D eigenvalue weighted by molar-refractivity contribution is 5.97. The molecule has 2 amide bonds. The van der Waals surface area contributed by atoms with Crippen LogP contribution in [-0.4, -0.2) is 53.5 Å². The standard InChI is InChI=1S/C19H24F2N2O5/c1-11(2)15(18(26)27)22-16(24)12-6-5-9-23(10-12)17(25)13-7-3-4-8-14(13)28-19(20)21/h3-4,7-8,11-12,15,19H,5-6,9-10H2,1-2H3,(H,22,24)(H,26,27)/t12?,15-/m0/s1. The number of nitrogens with zero attached hydrogens (tertiary/aromatic N) is 1. The van der Waals surface area contributed by atoms with Crippen molar-refractivity contribution in [2.75, 3.05) is 13.1 Å². The maximum absolute atomic E-state index is 12.8. The normalized spacial score (nSPS) is 18.1. The predicted octanol–water partition coefficient (Wildman–Crippen LogP) is 2.37. The number of carbonyl (C=O) groups excluding carboxylic acids is 2. The van der Waals surface area contributed by atoms with Gasteiger partial charge < -0.3 is 20.1 Å². The number of carboxylic acid groups (broad SMARTS) is 1. The molecule has 1 fully saturated rings. The third-order valence-electron chi connectivity index (χ3n) is 4.64. The summed E-state index contributed by atoms with van der Waals surface area (Å²) in [7, 11) is 0. The van der Waals surface area contributed by atoms with Crippen molar-refractivity contribution in [2.45, 2.75) is 39.3 Å². The van der Waals surface area contributed by atoms with Gasteiger partial charge in [0.15, 0.2) is 0 Å². The van der Waals surface area contributed by atoms with Crippen LogP contribution in [0, 0.1) is 11.8 Å². The Morgan fingerprint density at radius 3 is 2.54 bits per heavy atom. The third-order valence-corrected chi connectivity index (χ3v) is 4.64. The van der Waals surface area contributed by atoms with Crippen LogP contribution in [-0.2, 0) is 9.59 Å². The maximum atomic E-state index is 12.8. The van der Waals surface area contributed by atoms with Gasteiger partial charge in [-0.2, -0.15) is 8.78 Å². The van der Waals surface area contributed by atoms with Gasteiger partial charge in [-0.25, -0.2) is 4.79 Å². The first-order valence-electron chi connectivity index (χ1n) is 9.07. The minimum Gasteiger partial charge on any atom is -0.480 e. The number of hydrogen-bond donors (Lipinski definition) is 2. The number of nitrogens with one attached hydrogen (secondary N) is 1. The van der Waals surface area contributed by atoms with E-state index >= 15 is 0 Å². The number of ether oxygens (including phenoxy) is 1. The van der Waals surface area contributed by atoms with Crippen molar-refractivity contribution in [3.63, 3.8) is 0 Å². The molecule has 2 N–H and O–H groups in total. The molecule has 2 atom stereocenters. The number of para-hydroxylation sites is 1. The quantitative estimate of drug-likeness (QED) is 0.735. The molecule has 1 aliphatic heterocycles. The number of rotatable bonds is 7. The smallest absolute Gasteiger partial charge is 0.387 e. The third kappa shape index (κ3) is 5.40. The Morgan fingerprint density at radius 2 is 1.93 bits per heavy atom. The Hall–Kier alpha value is -2.71. The largest absolute Gasteiger partial charge is 0.480 e. The van der Waals surface area contributed by atoms with Crippen LogP contribution in [0.3, 0.4) is 0 Å². The van der Waals surface area contributed by atoms with Gasteiger partial charge in [-0.05, 0) is 30.9 Å². The minimum absolute atomic E-state index is 0.00514. The molecule has 28 heavy (non-hydrogen) atoms. The number of benzene rings is 1. The molecule has 1 heterocycles. The van der Waals surface area contributed by atoms with E-state index in [0.29, 0.717) is 19.4 Å². The van der Waals surface area contributed by atoms with Crippen LogP contribution in [0.1, 0.15) is 37.0 Å². The van der Waals surface area contributed by atoms with Crippen LogP contribution >= 0.6 is 0 Å². The van der Waals surface area contributed by atoms with E-state index in [2.05, 4.69) is 10.1 Å². The van der Waals surface area contributed by atoms with E-state index in [-0.39, 0.29) is 23.8 Å². The van der Waals surface area contributed by atoms with Gasteiger partial charge >= 0.3 is 12.6 Å². The lowest BCUT2D eigenvalue weighted by atomic mass is 9.95. The first-order valence-corrected chi connectivity index (χ1v) is 9.07. The molecule has 0 radical (unpaired) electrons. The van der Waals surface area contributed by atoms with Crippen LogP contribution in [0.4, 0.5) is 8.78 Å². The van der Waals surface area contributed by atoms with E-state index in [9.17, 15) is 28.3 Å². The average molecular weight is 398 g/mol. The highest BCUT2D eigenvalue weighted by atomic mass is 19.3. The number of carboxylic acids is 1. The number of hydrogen-bond acceptors (Lipinski definition) is 4. The highest BCUT2D eigenvalue weighted by Crippen LogP contribution is 2.25. The van der Waals surface area contributed by atoms with Gasteiger partial charge in [-0.1, -0.05) is 26.0 Å². The zero-order valence-corrected chi connectivity index (χ0v) is 15.7. The zero-order valence-electron chi connectivity index (χ0n) is 15.7. The molecule has 1 aromatic carbocycles. The molecule has 1 aliphatic rings. The second-order valence-electron chi connectivity index (χ2n) is 7.03. The fourth-order valence-corrected chi connectivity index (χ4v) is 3.17. The molecule has 1 aromatic rings. The molecule has 0 aromatic heterocycles. The Bertz CT molecular complexity index is 726. The summed E-state index contributed by atoms with van der Waals surface area (Å²) in [5.41, 5.74) is -0.00514. The van der Waals surface area contributed by atoms with Gasteiger partial charge in [0.2, 0.25) is 5.91 Å². The second kappa shape index (κ2) is 9.48. The Labute approximate surface area is 161 Å². The van der Waals surface area contributed by atoms with E-state index in [1.54, 1.807) is 19.9 Å². The van der Waals surface area contributed by atoms with Crippen molar-refractivity contribution in [3.05, 3.63) is 29.8 Å². The van der Waals surface area contributed by atoms with Gasteiger partial charge in [0.1, 0.15) is 11.8 Å². The van der Waals surface area contributed by atoms with Gasteiger partial charge in [0, 0.05) is 13.1 Å². The van der Waals surface area contributed by atoms with Gasteiger partial charge in [-0.15, -0.1) is 0 Å². The molecule has 1 unspecified atom stereocenters. The second-order valence-corrected chi connectivity index (χ2v) is 7.03. The lowest BCUT2D eigenvalue weighted by Gasteiger charge is -2.33. The zero-order chi connectivity index (χ0) is 20.8. The number of likely N-dealkylation sites (tertiary alicyclic amines) is 1. The van der Waals surface area contributed by atoms with Gasteiger partial charge in [0.25, 0.3) is 5.91 Å². The van der Waals surface area contributed by atoms with Crippen LogP contribution in [0.2, 0.25) is 0 Å². The Balaban J connectivity index is 2.10. The summed E-state index contributed by atoms with van der Waals surface area (Å²) >= 11 is 0. The number of alkyl halides is 2. The monoisotopic (exact) mass is 398 g/mol. The molecule has 0 saturated carbocycles. The van der Waals surface area contributed by atoms with E-state index in [1.165, 1.54) is 23.1 Å². The van der Waals surface area contributed by atoms with Crippen LogP contribution < -0.4 is 10.1 Å². The Morgan fingerprint density at radius 1 is 1.25 bits per heavy atom. The van der Waals surface area contributed by atoms with Crippen molar-refractivity contribution < 1.29 is 33.0 Å². The Kier molecular flexibility index (Phi) is 7.31. The summed E-state index contributed by atoms with van der Waals surface area (Å²) in [5, 5.41) is 11.7. The van der Waals surface area contributed by atoms with E-state index in [0.717, 1.165) is 0 Å². The topological polar surface area (TPSA) is 95.9 Å². The highest BCUT2D eigenvalue weighted by Gasteiger charge is 2.33. The molecule has 0 spiro atoms. The molecule has 0 bridgehead atoms. The van der Waals surface area contributed by atoms with E-state index in [1.807, 2.05) is 0 Å². The van der Waals surface area contributed by atoms with Crippen molar-refractivity contribution in [3.8, 4) is 5.75 Å². The van der Waals surface area contributed by atoms with Crippen molar-refractivity contribution in [1.29, 1.82) is 0 Å². The fraction of sp³-hybridized carbons (Fsp3) is 0.526. The molecule has 9 heteroatoms. The van der Waals surface area contributed by atoms with Crippen LogP contribution in [0.15, 0.2) is 24.3 Å². The summed E-state index contributed by atoms with van der Waals surface area (Å²) in [5.74, 6) is -3.14. The first kappa shape index (κ1) is 21.6. The van der Waals surface area contributed by atoms with Crippen molar-refractivity contribution in [1.82, 2.24) is 10.2 Å². The molecular weight excluding hydrogens is 374 g/mol. The number of carbonyl (C=O) groups is 3. The predicted molar refractivity (Wildman–Crippen MR) is 96.1 cm³/mol. The van der Waals surface area contributed by atoms with Gasteiger partial charge in [-0.3, -0.25) is 9.59 Å². The first-order chi connectivity index (χ1) is 13.2. The maximum Gasteiger partial charge on any atom is 0.387 e. The molecule has 2 rings (SSSR count). The summed E-state index contributed by atoms with van der Waals surface area (Å²) in [6.45, 7) is 0.777. The number of aliphatic carboxylic acids is 1. The fourth-order valence-electron chi connectivity index (χ4n) is 3.17. The van der Waals surface area contributed by atoms with Crippen molar-refractivity contribution in [2.24, 2.45) is 11.8 Å². The molecule has 154 valence electrons. The summed E-state index contributed by atoms with van der Waals surface area (Å²) in [6.07, 6.45) is 1.05. The van der Waals surface area contributed by atoms with E-state index < -0.39 is 36.4 Å². The number of halogens is 2. The molecule has 0 aliphatic carbocycles. The van der Waals surface area contributed by atoms with E-state index in [4.69, 9.17) is 0 Å². The van der Waals surface area contributed by atoms with Crippen LogP contribution in [0.5, 0.6) is 5.75 Å². The SMILES string of the molecule is CC(C)[C@H](NC(=O)C1CCCN(C(=O)c2ccccc2OC(F)F)C1)C(=O)O. The van der Waals surface area contributed by atoms with Crippen LogP contribution in [0.25, 0.3) is 0 Å². The van der Waals surface area contributed by atoms with Gasteiger partial charge in [0.05, 0.1) is 11.5 Å². The number of piperidine rings is 1. The average Bonchev–Trinajstić information content (AvgIpc) is 2.65. The lowest BCUT2D eigenvalue weighted by Crippen LogP contribution is -2.51. The minimum atomic E-state index is -3.06. The summed E-state index contributed by atoms with van der Waals surface area (Å²) < 4.78 is 29.6. The summed E-state index contributed by atoms with van der Waals surface area (Å²) in [6, 6.07) is 4.69. The number of amides is 2. The summed E-state index contributed by atoms with van der Waals surface area (Å²) in [4.78, 5) is 38.0. The van der Waals surface area contributed by atoms with Crippen molar-refractivity contribution >= 4 is 17.8 Å². The molecular formula is C19H24F2N2O5. The molecule has 1 saturated heterocycles. The molecule has 7 nitrogen and oxygen atoms in total.